The third-order valence-corrected chi connectivity index (χ3v) is 4.99. The van der Waals surface area contributed by atoms with Crippen LogP contribution in [0, 0.1) is 6.92 Å². The summed E-state index contributed by atoms with van der Waals surface area (Å²) >= 11 is 0. The normalized spacial score (nSPS) is 12.0. The molecule has 6 heteroatoms. The molecule has 4 aromatic rings. The minimum atomic E-state index is -0.178. The standard InChI is InChI=1S/C24H24N4O2/c1-4-17(3)30-20-12-10-18(11-13-20)24(29)25-21-15-23-22(14-16(21)2)26-28(27-23)19-8-6-5-7-9-19/h5-15,17H,4H2,1-3H3,(H,25,29)/t17-/m1/s1. The van der Waals surface area contributed by atoms with Crippen molar-refractivity contribution in [3.8, 4) is 11.4 Å². The van der Waals surface area contributed by atoms with E-state index in [9.17, 15) is 4.79 Å². The predicted octanol–water partition coefficient (Wildman–Crippen LogP) is 5.16. The molecule has 0 unspecified atom stereocenters. The van der Waals surface area contributed by atoms with Gasteiger partial charge in [-0.25, -0.2) is 0 Å². The Morgan fingerprint density at radius 3 is 2.37 bits per heavy atom. The molecular weight excluding hydrogens is 376 g/mol. The smallest absolute Gasteiger partial charge is 0.255 e. The zero-order valence-corrected chi connectivity index (χ0v) is 17.3. The summed E-state index contributed by atoms with van der Waals surface area (Å²) in [6.07, 6.45) is 1.07. The van der Waals surface area contributed by atoms with Crippen LogP contribution in [-0.2, 0) is 0 Å². The van der Waals surface area contributed by atoms with Crippen LogP contribution in [0.3, 0.4) is 0 Å². The number of benzene rings is 3. The average Bonchev–Trinajstić information content (AvgIpc) is 3.17. The lowest BCUT2D eigenvalue weighted by Crippen LogP contribution is -2.13. The molecule has 1 atom stereocenters. The van der Waals surface area contributed by atoms with Crippen LogP contribution in [0.5, 0.6) is 5.75 Å². The molecule has 0 fully saturated rings. The Morgan fingerprint density at radius 1 is 1.03 bits per heavy atom. The average molecular weight is 400 g/mol. The molecule has 152 valence electrons. The molecular formula is C24H24N4O2. The number of amides is 1. The van der Waals surface area contributed by atoms with Crippen molar-refractivity contribution >= 4 is 22.6 Å². The van der Waals surface area contributed by atoms with Gasteiger partial charge in [0.15, 0.2) is 0 Å². The summed E-state index contributed by atoms with van der Waals surface area (Å²) < 4.78 is 5.77. The highest BCUT2D eigenvalue weighted by Crippen LogP contribution is 2.23. The molecule has 0 aliphatic carbocycles. The number of carbonyl (C=O) groups excluding carboxylic acids is 1. The molecule has 4 rings (SSSR count). The zero-order valence-electron chi connectivity index (χ0n) is 17.3. The van der Waals surface area contributed by atoms with Gasteiger partial charge in [0.05, 0.1) is 11.8 Å². The lowest BCUT2D eigenvalue weighted by atomic mass is 10.1. The van der Waals surface area contributed by atoms with Crippen LogP contribution in [0.2, 0.25) is 0 Å². The monoisotopic (exact) mass is 400 g/mol. The van der Waals surface area contributed by atoms with Crippen molar-refractivity contribution in [2.24, 2.45) is 0 Å². The molecule has 1 N–H and O–H groups in total. The molecule has 30 heavy (non-hydrogen) atoms. The van der Waals surface area contributed by atoms with Crippen LogP contribution in [0.1, 0.15) is 36.2 Å². The molecule has 1 amide bonds. The van der Waals surface area contributed by atoms with Crippen molar-refractivity contribution in [3.63, 3.8) is 0 Å². The van der Waals surface area contributed by atoms with Crippen LogP contribution in [0.25, 0.3) is 16.7 Å². The second kappa shape index (κ2) is 8.37. The number of anilines is 1. The summed E-state index contributed by atoms with van der Waals surface area (Å²) in [6.45, 7) is 6.04. The Hall–Kier alpha value is -3.67. The van der Waals surface area contributed by atoms with E-state index in [1.807, 2.05) is 68.4 Å². The number of aromatic nitrogens is 3. The first kappa shape index (κ1) is 19.6. The van der Waals surface area contributed by atoms with Crippen molar-refractivity contribution in [1.29, 1.82) is 0 Å². The number of aryl methyl sites for hydroxylation is 1. The van der Waals surface area contributed by atoms with E-state index in [1.54, 1.807) is 16.9 Å². The molecule has 6 nitrogen and oxygen atoms in total. The second-order valence-corrected chi connectivity index (χ2v) is 7.30. The van der Waals surface area contributed by atoms with Crippen molar-refractivity contribution in [2.45, 2.75) is 33.3 Å². The van der Waals surface area contributed by atoms with Gasteiger partial charge in [-0.05, 0) is 74.4 Å². The third-order valence-electron chi connectivity index (χ3n) is 4.99. The Morgan fingerprint density at radius 2 is 1.70 bits per heavy atom. The lowest BCUT2D eigenvalue weighted by molar-refractivity contribution is 0.102. The van der Waals surface area contributed by atoms with E-state index in [0.29, 0.717) is 11.3 Å². The fraction of sp³-hybridized carbons (Fsp3) is 0.208. The highest BCUT2D eigenvalue weighted by Gasteiger charge is 2.12. The molecule has 3 aromatic carbocycles. The maximum absolute atomic E-state index is 12.7. The number of nitrogens with zero attached hydrogens (tertiary/aromatic N) is 3. The molecule has 0 saturated heterocycles. The molecule has 0 radical (unpaired) electrons. The number of nitrogens with one attached hydrogen (secondary N) is 1. The first-order chi connectivity index (χ1) is 14.5. The van der Waals surface area contributed by atoms with E-state index >= 15 is 0 Å². The third kappa shape index (κ3) is 4.17. The maximum Gasteiger partial charge on any atom is 0.255 e. The van der Waals surface area contributed by atoms with Crippen LogP contribution in [-0.4, -0.2) is 27.0 Å². The Kier molecular flexibility index (Phi) is 5.48. The summed E-state index contributed by atoms with van der Waals surface area (Å²) in [6, 6.07) is 20.7. The van der Waals surface area contributed by atoms with E-state index in [0.717, 1.165) is 34.5 Å². The Balaban J connectivity index is 1.54. The number of hydrogen-bond donors (Lipinski definition) is 1. The van der Waals surface area contributed by atoms with Gasteiger partial charge in [-0.2, -0.15) is 4.80 Å². The van der Waals surface area contributed by atoms with E-state index < -0.39 is 0 Å². The SMILES string of the molecule is CC[C@@H](C)Oc1ccc(C(=O)Nc2cc3nn(-c4ccccc4)nc3cc2C)cc1. The molecule has 0 saturated carbocycles. The summed E-state index contributed by atoms with van der Waals surface area (Å²) in [5.41, 5.74) is 4.59. The van der Waals surface area contributed by atoms with Gasteiger partial charge in [-0.1, -0.05) is 25.1 Å². The number of fused-ring (bicyclic) bond motifs is 1. The summed E-state index contributed by atoms with van der Waals surface area (Å²) in [4.78, 5) is 14.3. The topological polar surface area (TPSA) is 69.0 Å². The molecule has 1 heterocycles. The van der Waals surface area contributed by atoms with Gasteiger partial charge in [-0.15, -0.1) is 10.2 Å². The van der Waals surface area contributed by atoms with Crippen molar-refractivity contribution < 1.29 is 9.53 Å². The van der Waals surface area contributed by atoms with Gasteiger partial charge in [0, 0.05) is 11.3 Å². The summed E-state index contributed by atoms with van der Waals surface area (Å²) in [7, 11) is 0. The lowest BCUT2D eigenvalue weighted by Gasteiger charge is -2.13. The fourth-order valence-corrected chi connectivity index (χ4v) is 3.07. The number of carbonyl (C=O) groups is 1. The largest absolute Gasteiger partial charge is 0.491 e. The van der Waals surface area contributed by atoms with Gasteiger partial charge in [0.2, 0.25) is 0 Å². The molecule has 0 aliphatic rings. The molecule has 0 bridgehead atoms. The van der Waals surface area contributed by atoms with Gasteiger partial charge in [0.25, 0.3) is 5.91 Å². The first-order valence-corrected chi connectivity index (χ1v) is 10.0. The maximum atomic E-state index is 12.7. The quantitative estimate of drug-likeness (QED) is 0.485. The Bertz CT molecular complexity index is 1170. The Labute approximate surface area is 175 Å². The van der Waals surface area contributed by atoms with Gasteiger partial charge in [0.1, 0.15) is 16.8 Å². The van der Waals surface area contributed by atoms with Crippen LogP contribution < -0.4 is 10.1 Å². The van der Waals surface area contributed by atoms with Crippen LogP contribution >= 0.6 is 0 Å². The van der Waals surface area contributed by atoms with E-state index in [-0.39, 0.29) is 12.0 Å². The van der Waals surface area contributed by atoms with Gasteiger partial charge < -0.3 is 10.1 Å². The molecule has 1 aromatic heterocycles. The summed E-state index contributed by atoms with van der Waals surface area (Å²) in [5, 5.41) is 12.1. The number of rotatable bonds is 6. The van der Waals surface area contributed by atoms with Crippen LogP contribution in [0.15, 0.2) is 66.7 Å². The van der Waals surface area contributed by atoms with Gasteiger partial charge >= 0.3 is 0 Å². The van der Waals surface area contributed by atoms with E-state index in [4.69, 9.17) is 4.74 Å². The first-order valence-electron chi connectivity index (χ1n) is 10.0. The van der Waals surface area contributed by atoms with Gasteiger partial charge in [-0.3, -0.25) is 4.79 Å². The van der Waals surface area contributed by atoms with E-state index in [1.165, 1.54) is 0 Å². The van der Waals surface area contributed by atoms with E-state index in [2.05, 4.69) is 22.4 Å². The number of ether oxygens (including phenoxy) is 1. The summed E-state index contributed by atoms with van der Waals surface area (Å²) in [5.74, 6) is 0.582. The zero-order chi connectivity index (χ0) is 21.1. The van der Waals surface area contributed by atoms with Crippen molar-refractivity contribution in [2.75, 3.05) is 5.32 Å². The predicted molar refractivity (Wildman–Crippen MR) is 118 cm³/mol. The number of para-hydroxylation sites is 1. The highest BCUT2D eigenvalue weighted by atomic mass is 16.5. The highest BCUT2D eigenvalue weighted by molar-refractivity contribution is 6.05. The minimum absolute atomic E-state index is 0.142. The fourth-order valence-electron chi connectivity index (χ4n) is 3.07. The second-order valence-electron chi connectivity index (χ2n) is 7.30. The number of hydrogen-bond acceptors (Lipinski definition) is 4. The molecule has 0 aliphatic heterocycles. The minimum Gasteiger partial charge on any atom is -0.491 e. The molecule has 0 spiro atoms. The van der Waals surface area contributed by atoms with Crippen molar-refractivity contribution in [3.05, 3.63) is 77.9 Å². The van der Waals surface area contributed by atoms with Crippen molar-refractivity contribution in [1.82, 2.24) is 15.0 Å². The van der Waals surface area contributed by atoms with Crippen LogP contribution in [0.4, 0.5) is 5.69 Å².